The number of imide groups is 1. The van der Waals surface area contributed by atoms with Crippen LogP contribution in [-0.2, 0) is 22.6 Å². The lowest BCUT2D eigenvalue weighted by Gasteiger charge is -2.34. The van der Waals surface area contributed by atoms with Crippen LogP contribution < -0.4 is 10.6 Å². The van der Waals surface area contributed by atoms with E-state index in [0.717, 1.165) is 32.5 Å². The first-order chi connectivity index (χ1) is 15.6. The molecule has 1 saturated heterocycles. The number of hydrogen-bond donors (Lipinski definition) is 2. The molecule has 2 fully saturated rings. The lowest BCUT2D eigenvalue weighted by molar-refractivity contribution is -0.140. The summed E-state index contributed by atoms with van der Waals surface area (Å²) < 4.78 is 0. The number of fused-ring (bicyclic) bond motifs is 6. The predicted octanol–water partition coefficient (Wildman–Crippen LogP) is 2.02. The number of nitrogens with zero attached hydrogens (tertiary/aromatic N) is 3. The lowest BCUT2D eigenvalue weighted by Crippen LogP contribution is -2.48. The second-order valence-corrected chi connectivity index (χ2v) is 9.55. The van der Waals surface area contributed by atoms with Gasteiger partial charge in [0, 0.05) is 45.8 Å². The van der Waals surface area contributed by atoms with Crippen LogP contribution >= 0.6 is 24.0 Å². The minimum atomic E-state index is -0.120. The number of carbonyl (C=O) groups is 2. The van der Waals surface area contributed by atoms with E-state index in [1.807, 2.05) is 0 Å². The van der Waals surface area contributed by atoms with E-state index in [0.29, 0.717) is 25.1 Å². The van der Waals surface area contributed by atoms with E-state index in [4.69, 9.17) is 0 Å². The molecule has 5 atom stereocenters. The van der Waals surface area contributed by atoms with Gasteiger partial charge in [-0.1, -0.05) is 36.4 Å². The summed E-state index contributed by atoms with van der Waals surface area (Å²) in [7, 11) is 1.75. The number of halogens is 1. The minimum absolute atomic E-state index is 0. The van der Waals surface area contributed by atoms with Gasteiger partial charge < -0.3 is 10.6 Å². The Balaban J connectivity index is 0.00000259. The summed E-state index contributed by atoms with van der Waals surface area (Å²) in [6, 6.07) is 9.04. The van der Waals surface area contributed by atoms with Crippen LogP contribution in [0.4, 0.5) is 0 Å². The number of carbonyl (C=O) groups excluding carboxylic acids is 2. The normalized spacial score (nSPS) is 29.0. The van der Waals surface area contributed by atoms with Gasteiger partial charge in [-0.2, -0.15) is 0 Å². The maximum Gasteiger partial charge on any atom is 0.233 e. The minimum Gasteiger partial charge on any atom is -0.355 e. The number of hydrogen-bond acceptors (Lipinski definition) is 4. The van der Waals surface area contributed by atoms with Gasteiger partial charge in [-0.05, 0) is 42.7 Å². The number of aliphatic imine (C=N–C) groups is 1. The summed E-state index contributed by atoms with van der Waals surface area (Å²) in [5.74, 6) is 1.02. The van der Waals surface area contributed by atoms with Crippen LogP contribution in [0, 0.1) is 23.7 Å². The zero-order valence-electron chi connectivity index (χ0n) is 19.4. The molecule has 4 aliphatic rings. The molecule has 178 valence electrons. The van der Waals surface area contributed by atoms with E-state index < -0.39 is 0 Å². The molecule has 2 bridgehead atoms. The summed E-state index contributed by atoms with van der Waals surface area (Å²) in [5, 5.41) is 6.67. The van der Waals surface area contributed by atoms with Crippen molar-refractivity contribution in [3.05, 3.63) is 47.5 Å². The van der Waals surface area contributed by atoms with Gasteiger partial charge >= 0.3 is 0 Å². The Kier molecular flexibility index (Phi) is 7.43. The van der Waals surface area contributed by atoms with Crippen molar-refractivity contribution in [2.24, 2.45) is 28.7 Å². The predicted molar refractivity (Wildman–Crippen MR) is 139 cm³/mol. The molecule has 33 heavy (non-hydrogen) atoms. The maximum atomic E-state index is 12.8. The van der Waals surface area contributed by atoms with E-state index in [9.17, 15) is 9.59 Å². The van der Waals surface area contributed by atoms with Crippen molar-refractivity contribution in [2.45, 2.75) is 32.4 Å². The Labute approximate surface area is 213 Å². The monoisotopic (exact) mass is 563 g/mol. The first kappa shape index (κ1) is 24.2. The highest BCUT2D eigenvalue weighted by molar-refractivity contribution is 14.0. The van der Waals surface area contributed by atoms with E-state index >= 15 is 0 Å². The fraction of sp³-hybridized carbons (Fsp3) is 0.560. The van der Waals surface area contributed by atoms with Gasteiger partial charge in [0.2, 0.25) is 11.8 Å². The van der Waals surface area contributed by atoms with Crippen molar-refractivity contribution < 1.29 is 9.59 Å². The number of guanidine groups is 1. The maximum absolute atomic E-state index is 12.8. The molecule has 5 unspecified atom stereocenters. The topological polar surface area (TPSA) is 77.0 Å². The molecular weight excluding hydrogens is 529 g/mol. The van der Waals surface area contributed by atoms with Gasteiger partial charge in [0.15, 0.2) is 5.96 Å². The van der Waals surface area contributed by atoms with Crippen LogP contribution in [0.25, 0.3) is 0 Å². The summed E-state index contributed by atoms with van der Waals surface area (Å²) in [6.45, 7) is 5.95. The Hall–Kier alpha value is -1.94. The zero-order chi connectivity index (χ0) is 22.2. The Morgan fingerprint density at radius 1 is 1.09 bits per heavy atom. The third kappa shape index (κ3) is 4.56. The highest BCUT2D eigenvalue weighted by atomic mass is 127. The van der Waals surface area contributed by atoms with Gasteiger partial charge in [0.1, 0.15) is 0 Å². The van der Waals surface area contributed by atoms with Gasteiger partial charge in [-0.25, -0.2) is 0 Å². The number of amides is 2. The van der Waals surface area contributed by atoms with Crippen molar-refractivity contribution >= 4 is 41.8 Å². The number of benzene rings is 1. The number of likely N-dealkylation sites (tertiary alicyclic amines) is 1. The molecule has 5 rings (SSSR count). The van der Waals surface area contributed by atoms with Crippen LogP contribution in [0.5, 0.6) is 0 Å². The summed E-state index contributed by atoms with van der Waals surface area (Å²) in [5.41, 5.74) is 2.88. The molecule has 0 radical (unpaired) electrons. The summed E-state index contributed by atoms with van der Waals surface area (Å²) in [4.78, 5) is 33.9. The molecule has 0 aromatic heterocycles. The average molecular weight is 563 g/mol. The molecule has 2 aliphatic heterocycles. The van der Waals surface area contributed by atoms with Crippen LogP contribution in [0.1, 0.15) is 24.5 Å². The molecule has 7 nitrogen and oxygen atoms in total. The van der Waals surface area contributed by atoms with Crippen molar-refractivity contribution in [1.82, 2.24) is 20.4 Å². The van der Waals surface area contributed by atoms with Crippen molar-refractivity contribution in [1.29, 1.82) is 0 Å². The van der Waals surface area contributed by atoms with Gasteiger partial charge in [0.25, 0.3) is 0 Å². The van der Waals surface area contributed by atoms with Gasteiger partial charge in [-0.15, -0.1) is 24.0 Å². The summed E-state index contributed by atoms with van der Waals surface area (Å²) >= 11 is 0. The van der Waals surface area contributed by atoms with Crippen molar-refractivity contribution in [3.63, 3.8) is 0 Å². The highest BCUT2D eigenvalue weighted by Crippen LogP contribution is 2.52. The first-order valence-corrected chi connectivity index (χ1v) is 11.9. The first-order valence-electron chi connectivity index (χ1n) is 11.9. The molecular formula is C25H34IN5O2. The molecule has 1 aromatic rings. The fourth-order valence-corrected chi connectivity index (χ4v) is 5.96. The van der Waals surface area contributed by atoms with E-state index in [2.05, 4.69) is 63.9 Å². The SMILES string of the molecule is CN=C(NCCN1C(=O)C2C3C=CC(C3)C2C1=O)NCC(C)N1CCc2ccccc2C1.I. The van der Waals surface area contributed by atoms with Crippen LogP contribution in [0.3, 0.4) is 0 Å². The molecule has 2 N–H and O–H groups in total. The molecule has 1 saturated carbocycles. The van der Waals surface area contributed by atoms with Crippen LogP contribution in [0.15, 0.2) is 41.4 Å². The van der Waals surface area contributed by atoms with E-state index in [1.54, 1.807) is 7.05 Å². The van der Waals surface area contributed by atoms with Crippen LogP contribution in [0.2, 0.25) is 0 Å². The molecule has 2 amide bonds. The van der Waals surface area contributed by atoms with Gasteiger partial charge in [0.05, 0.1) is 11.8 Å². The van der Waals surface area contributed by atoms with E-state index in [-0.39, 0.29) is 59.5 Å². The Morgan fingerprint density at radius 2 is 1.76 bits per heavy atom. The molecule has 2 heterocycles. The van der Waals surface area contributed by atoms with Crippen molar-refractivity contribution in [3.8, 4) is 0 Å². The molecule has 2 aliphatic carbocycles. The highest BCUT2D eigenvalue weighted by Gasteiger charge is 2.58. The summed E-state index contributed by atoms with van der Waals surface area (Å²) in [6.07, 6.45) is 6.32. The largest absolute Gasteiger partial charge is 0.355 e. The zero-order valence-corrected chi connectivity index (χ0v) is 21.7. The second kappa shape index (κ2) is 10.1. The molecule has 0 spiro atoms. The second-order valence-electron chi connectivity index (χ2n) is 9.55. The van der Waals surface area contributed by atoms with E-state index in [1.165, 1.54) is 16.0 Å². The standard InChI is InChI=1S/C25H33N5O2.HI/c1-16(29-11-9-17-5-3-4-6-20(17)15-29)14-28-25(26-2)27-10-12-30-23(31)21-18-7-8-19(13-18)22(21)24(30)32;/h3-8,16,18-19,21-22H,9-15H2,1-2H3,(H2,26,27,28);1H. The number of rotatable bonds is 6. The van der Waals surface area contributed by atoms with Crippen LogP contribution in [-0.4, -0.2) is 66.8 Å². The smallest absolute Gasteiger partial charge is 0.233 e. The molecule has 8 heteroatoms. The number of nitrogens with one attached hydrogen (secondary N) is 2. The van der Waals surface area contributed by atoms with Gasteiger partial charge in [-0.3, -0.25) is 24.4 Å². The Bertz CT molecular complexity index is 934. The number of allylic oxidation sites excluding steroid dienone is 2. The third-order valence-corrected chi connectivity index (χ3v) is 7.76. The quantitative estimate of drug-likeness (QED) is 0.182. The third-order valence-electron chi connectivity index (χ3n) is 7.76. The lowest BCUT2D eigenvalue weighted by atomic mass is 9.85. The van der Waals surface area contributed by atoms with Crippen molar-refractivity contribution in [2.75, 3.05) is 33.2 Å². The molecule has 1 aromatic carbocycles. The average Bonchev–Trinajstić information content (AvgIpc) is 3.50. The Morgan fingerprint density at radius 3 is 2.42 bits per heavy atom. The fourth-order valence-electron chi connectivity index (χ4n) is 5.96.